The van der Waals surface area contributed by atoms with E-state index in [1.807, 2.05) is 43.3 Å². The predicted octanol–water partition coefficient (Wildman–Crippen LogP) is 4.76. The van der Waals surface area contributed by atoms with E-state index in [1.165, 1.54) is 11.8 Å². The molecular formula is C16H16ClNO2S. The summed E-state index contributed by atoms with van der Waals surface area (Å²) in [5, 5.41) is 13.3. The Labute approximate surface area is 133 Å². The van der Waals surface area contributed by atoms with Gasteiger partial charge in [0.2, 0.25) is 0 Å². The van der Waals surface area contributed by atoms with Gasteiger partial charge in [0.05, 0.1) is 11.3 Å². The zero-order chi connectivity index (χ0) is 15.2. The molecule has 3 nitrogen and oxygen atoms in total. The lowest BCUT2D eigenvalue weighted by Crippen LogP contribution is -2.08. The van der Waals surface area contributed by atoms with Gasteiger partial charge in [-0.25, -0.2) is 4.79 Å². The summed E-state index contributed by atoms with van der Waals surface area (Å²) in [6.07, 6.45) is 0. The van der Waals surface area contributed by atoms with Gasteiger partial charge < -0.3 is 10.4 Å². The fourth-order valence-corrected chi connectivity index (χ4v) is 3.04. The third kappa shape index (κ3) is 3.93. The van der Waals surface area contributed by atoms with E-state index >= 15 is 0 Å². The molecule has 0 saturated heterocycles. The minimum absolute atomic E-state index is 0.316. The van der Waals surface area contributed by atoms with E-state index in [0.717, 1.165) is 16.2 Å². The number of rotatable bonds is 6. The van der Waals surface area contributed by atoms with Gasteiger partial charge in [-0.05, 0) is 29.5 Å². The molecule has 2 N–H and O–H groups in total. The molecule has 0 amide bonds. The van der Waals surface area contributed by atoms with Gasteiger partial charge in [0, 0.05) is 16.5 Å². The van der Waals surface area contributed by atoms with Crippen LogP contribution in [0.4, 0.5) is 5.69 Å². The third-order valence-electron chi connectivity index (χ3n) is 2.97. The average Bonchev–Trinajstić information content (AvgIpc) is 2.46. The van der Waals surface area contributed by atoms with Crippen molar-refractivity contribution in [3.05, 3.63) is 58.6 Å². The largest absolute Gasteiger partial charge is 0.478 e. The summed E-state index contributed by atoms with van der Waals surface area (Å²) in [4.78, 5) is 12.3. The fourth-order valence-electron chi connectivity index (χ4n) is 2.01. The van der Waals surface area contributed by atoms with Crippen LogP contribution in [-0.4, -0.2) is 16.8 Å². The van der Waals surface area contributed by atoms with Gasteiger partial charge >= 0.3 is 5.97 Å². The van der Waals surface area contributed by atoms with Crippen molar-refractivity contribution in [2.24, 2.45) is 0 Å². The standard InChI is InChI=1S/C16H16ClNO2S/c1-2-21-14-9-5-8-13(15(14)16(19)20)18-10-11-6-3-4-7-12(11)17/h3-9,18H,2,10H2,1H3,(H,19,20). The van der Waals surface area contributed by atoms with E-state index in [1.54, 1.807) is 6.07 Å². The number of thioether (sulfide) groups is 1. The summed E-state index contributed by atoms with van der Waals surface area (Å²) in [7, 11) is 0. The molecule has 110 valence electrons. The first kappa shape index (κ1) is 15.7. The van der Waals surface area contributed by atoms with Gasteiger partial charge in [0.25, 0.3) is 0 Å². The highest BCUT2D eigenvalue weighted by atomic mass is 35.5. The molecular weight excluding hydrogens is 306 g/mol. The molecule has 0 fully saturated rings. The number of hydrogen-bond acceptors (Lipinski definition) is 3. The maximum Gasteiger partial charge on any atom is 0.338 e. The Morgan fingerprint density at radius 3 is 2.67 bits per heavy atom. The summed E-state index contributed by atoms with van der Waals surface area (Å²) in [6.45, 7) is 2.49. The topological polar surface area (TPSA) is 49.3 Å². The highest BCUT2D eigenvalue weighted by Crippen LogP contribution is 2.29. The zero-order valence-corrected chi connectivity index (χ0v) is 13.2. The highest BCUT2D eigenvalue weighted by Gasteiger charge is 2.15. The Balaban J connectivity index is 2.25. The number of carboxylic acids is 1. The van der Waals surface area contributed by atoms with Crippen LogP contribution in [0.25, 0.3) is 0 Å². The SMILES string of the molecule is CCSc1cccc(NCc2ccccc2Cl)c1C(=O)O. The van der Waals surface area contributed by atoms with Crippen molar-refractivity contribution in [2.45, 2.75) is 18.4 Å². The molecule has 0 aromatic heterocycles. The van der Waals surface area contributed by atoms with Gasteiger partial charge in [0.1, 0.15) is 0 Å². The molecule has 0 atom stereocenters. The zero-order valence-electron chi connectivity index (χ0n) is 11.6. The van der Waals surface area contributed by atoms with Gasteiger partial charge in [-0.2, -0.15) is 0 Å². The number of carbonyl (C=O) groups is 1. The summed E-state index contributed by atoms with van der Waals surface area (Å²) < 4.78 is 0. The molecule has 0 aliphatic rings. The lowest BCUT2D eigenvalue weighted by atomic mass is 10.1. The monoisotopic (exact) mass is 321 g/mol. The number of benzene rings is 2. The average molecular weight is 322 g/mol. The van der Waals surface area contributed by atoms with Gasteiger partial charge in [-0.3, -0.25) is 0 Å². The summed E-state index contributed by atoms with van der Waals surface area (Å²) in [5.74, 6) is -0.0953. The molecule has 2 rings (SSSR count). The van der Waals surface area contributed by atoms with Crippen LogP contribution in [0.3, 0.4) is 0 Å². The summed E-state index contributed by atoms with van der Waals surface area (Å²) >= 11 is 7.64. The second-order valence-corrected chi connectivity index (χ2v) is 6.07. The van der Waals surface area contributed by atoms with Crippen LogP contribution in [0.5, 0.6) is 0 Å². The molecule has 0 aliphatic heterocycles. The summed E-state index contributed by atoms with van der Waals surface area (Å²) in [5.41, 5.74) is 1.86. The van der Waals surface area contributed by atoms with Crippen LogP contribution < -0.4 is 5.32 Å². The third-order valence-corrected chi connectivity index (χ3v) is 4.28. The molecule has 0 radical (unpaired) electrons. The summed E-state index contributed by atoms with van der Waals surface area (Å²) in [6, 6.07) is 13.0. The van der Waals surface area contributed by atoms with E-state index in [0.29, 0.717) is 22.8 Å². The Bertz CT molecular complexity index is 646. The smallest absolute Gasteiger partial charge is 0.338 e. The molecule has 0 aliphatic carbocycles. The Morgan fingerprint density at radius 2 is 2.00 bits per heavy atom. The van der Waals surface area contributed by atoms with Crippen LogP contribution >= 0.6 is 23.4 Å². The van der Waals surface area contributed by atoms with Crippen LogP contribution in [0.15, 0.2) is 47.4 Å². The molecule has 2 aromatic carbocycles. The van der Waals surface area contributed by atoms with E-state index in [4.69, 9.17) is 11.6 Å². The van der Waals surface area contributed by atoms with Crippen molar-refractivity contribution in [3.63, 3.8) is 0 Å². The highest BCUT2D eigenvalue weighted by molar-refractivity contribution is 7.99. The number of anilines is 1. The van der Waals surface area contributed by atoms with Crippen LogP contribution in [0.1, 0.15) is 22.8 Å². The second kappa shape index (κ2) is 7.38. The maximum atomic E-state index is 11.5. The van der Waals surface area contributed by atoms with E-state index in [9.17, 15) is 9.90 Å². The van der Waals surface area contributed by atoms with Gasteiger partial charge in [-0.1, -0.05) is 42.8 Å². The lowest BCUT2D eigenvalue weighted by Gasteiger charge is -2.13. The normalized spacial score (nSPS) is 10.4. The molecule has 0 heterocycles. The molecule has 0 spiro atoms. The van der Waals surface area contributed by atoms with Crippen LogP contribution in [0, 0.1) is 0 Å². The second-order valence-electron chi connectivity index (χ2n) is 4.36. The first-order valence-electron chi connectivity index (χ1n) is 6.60. The van der Waals surface area contributed by atoms with Crippen LogP contribution in [-0.2, 0) is 6.54 Å². The predicted molar refractivity (Wildman–Crippen MR) is 88.6 cm³/mol. The molecule has 0 saturated carbocycles. The van der Waals surface area contributed by atoms with E-state index in [-0.39, 0.29) is 0 Å². The van der Waals surface area contributed by atoms with Crippen molar-refractivity contribution < 1.29 is 9.90 Å². The lowest BCUT2D eigenvalue weighted by molar-refractivity contribution is 0.0694. The number of halogens is 1. The van der Waals surface area contributed by atoms with Crippen molar-refractivity contribution in [1.29, 1.82) is 0 Å². The van der Waals surface area contributed by atoms with Crippen molar-refractivity contribution in [1.82, 2.24) is 0 Å². The number of hydrogen-bond donors (Lipinski definition) is 2. The van der Waals surface area contributed by atoms with Crippen molar-refractivity contribution in [2.75, 3.05) is 11.1 Å². The number of carboxylic acid groups (broad SMARTS) is 1. The quantitative estimate of drug-likeness (QED) is 0.753. The number of nitrogens with one attached hydrogen (secondary N) is 1. The van der Waals surface area contributed by atoms with Crippen LogP contribution in [0.2, 0.25) is 5.02 Å². The minimum atomic E-state index is -0.923. The Morgan fingerprint density at radius 1 is 1.24 bits per heavy atom. The van der Waals surface area contributed by atoms with Crippen molar-refractivity contribution >= 4 is 35.0 Å². The van der Waals surface area contributed by atoms with Crippen molar-refractivity contribution in [3.8, 4) is 0 Å². The van der Waals surface area contributed by atoms with Gasteiger partial charge in [0.15, 0.2) is 0 Å². The first-order valence-corrected chi connectivity index (χ1v) is 7.96. The Hall–Kier alpha value is -1.65. The molecule has 21 heavy (non-hydrogen) atoms. The molecule has 0 bridgehead atoms. The van der Waals surface area contributed by atoms with E-state index in [2.05, 4.69) is 5.32 Å². The molecule has 5 heteroatoms. The van der Waals surface area contributed by atoms with Gasteiger partial charge in [-0.15, -0.1) is 11.8 Å². The fraction of sp³-hybridized carbons (Fsp3) is 0.188. The minimum Gasteiger partial charge on any atom is -0.478 e. The number of aromatic carboxylic acids is 1. The molecule has 2 aromatic rings. The Kier molecular flexibility index (Phi) is 5.53. The molecule has 0 unspecified atom stereocenters. The first-order chi connectivity index (χ1) is 10.1. The maximum absolute atomic E-state index is 11.5. The van der Waals surface area contributed by atoms with E-state index < -0.39 is 5.97 Å².